The monoisotopic (exact) mass is 240 g/mol. The lowest BCUT2D eigenvalue weighted by Crippen LogP contribution is -2.45. The van der Waals surface area contributed by atoms with Crippen LogP contribution in [0, 0.1) is 11.8 Å². The summed E-state index contributed by atoms with van der Waals surface area (Å²) in [5, 5.41) is 20.2. The standard InChI is InChI=1S/C14H24O3/c1-2-14-11-4-3-6-13(11,16)7-5-10(9-15)8-12(14)17-14/h10-12,15-16H,2-9H2,1H3/t10-,11+,12+,13+,14-/m0/s1. The Hall–Kier alpha value is -0.120. The summed E-state index contributed by atoms with van der Waals surface area (Å²) in [4.78, 5) is 0. The molecule has 0 radical (unpaired) electrons. The summed E-state index contributed by atoms with van der Waals surface area (Å²) in [5.41, 5.74) is -0.572. The first kappa shape index (κ1) is 11.9. The molecule has 17 heavy (non-hydrogen) atoms. The van der Waals surface area contributed by atoms with E-state index in [1.165, 1.54) is 0 Å². The van der Waals surface area contributed by atoms with Gasteiger partial charge in [-0.1, -0.05) is 13.3 Å². The van der Waals surface area contributed by atoms with Crippen molar-refractivity contribution in [2.24, 2.45) is 11.8 Å². The average Bonchev–Trinajstić information content (AvgIpc) is 2.88. The van der Waals surface area contributed by atoms with E-state index >= 15 is 0 Å². The first-order chi connectivity index (χ1) is 8.14. The fourth-order valence-corrected chi connectivity index (χ4v) is 4.44. The van der Waals surface area contributed by atoms with Gasteiger partial charge in [0.15, 0.2) is 0 Å². The number of epoxide rings is 1. The van der Waals surface area contributed by atoms with Crippen molar-refractivity contribution in [1.29, 1.82) is 0 Å². The van der Waals surface area contributed by atoms with E-state index in [2.05, 4.69) is 6.92 Å². The lowest BCUT2D eigenvalue weighted by Gasteiger charge is -2.37. The lowest BCUT2D eigenvalue weighted by atomic mass is 9.70. The smallest absolute Gasteiger partial charge is 0.100 e. The fourth-order valence-electron chi connectivity index (χ4n) is 4.44. The number of ether oxygens (including phenoxy) is 1. The number of aliphatic hydroxyl groups is 2. The molecular formula is C14H24O3. The van der Waals surface area contributed by atoms with Crippen LogP contribution < -0.4 is 0 Å². The first-order valence-electron chi connectivity index (χ1n) is 7.15. The third kappa shape index (κ3) is 1.66. The molecule has 0 amide bonds. The zero-order chi connectivity index (χ0) is 12.1. The van der Waals surface area contributed by atoms with E-state index in [0.29, 0.717) is 17.9 Å². The second-order valence-corrected chi connectivity index (χ2v) is 6.29. The Balaban J connectivity index is 1.87. The molecule has 5 atom stereocenters. The van der Waals surface area contributed by atoms with Gasteiger partial charge in [-0.3, -0.25) is 0 Å². The second-order valence-electron chi connectivity index (χ2n) is 6.29. The van der Waals surface area contributed by atoms with Gasteiger partial charge in [-0.05, 0) is 44.4 Å². The van der Waals surface area contributed by atoms with Crippen LogP contribution in [0.25, 0.3) is 0 Å². The highest BCUT2D eigenvalue weighted by atomic mass is 16.6. The van der Waals surface area contributed by atoms with Crippen molar-refractivity contribution in [3.63, 3.8) is 0 Å². The highest BCUT2D eigenvalue weighted by Crippen LogP contribution is 2.59. The minimum absolute atomic E-state index is 0.0565. The number of hydrogen-bond acceptors (Lipinski definition) is 3. The summed E-state index contributed by atoms with van der Waals surface area (Å²) in [7, 11) is 0. The summed E-state index contributed by atoms with van der Waals surface area (Å²) in [5.74, 6) is 0.656. The summed E-state index contributed by atoms with van der Waals surface area (Å²) < 4.78 is 6.01. The predicted octanol–water partition coefficient (Wildman–Crippen LogP) is 1.86. The Morgan fingerprint density at radius 3 is 2.82 bits per heavy atom. The maximum absolute atomic E-state index is 10.9. The molecule has 3 fully saturated rings. The normalized spacial score (nSPS) is 53.5. The minimum Gasteiger partial charge on any atom is -0.396 e. The Morgan fingerprint density at radius 1 is 1.29 bits per heavy atom. The molecule has 1 heterocycles. The predicted molar refractivity (Wildman–Crippen MR) is 64.6 cm³/mol. The maximum Gasteiger partial charge on any atom is 0.100 e. The third-order valence-corrected chi connectivity index (χ3v) is 5.53. The van der Waals surface area contributed by atoms with Crippen molar-refractivity contribution in [3.8, 4) is 0 Å². The van der Waals surface area contributed by atoms with Crippen LogP contribution in [0.3, 0.4) is 0 Å². The summed E-state index contributed by atoms with van der Waals surface area (Å²) in [6, 6.07) is 0. The molecule has 2 saturated carbocycles. The van der Waals surface area contributed by atoms with Crippen LogP contribution in [0.5, 0.6) is 0 Å². The van der Waals surface area contributed by atoms with Gasteiger partial charge in [0, 0.05) is 12.5 Å². The minimum atomic E-state index is -0.515. The highest BCUT2D eigenvalue weighted by Gasteiger charge is 2.66. The molecule has 0 aromatic heterocycles. The molecule has 0 aromatic rings. The molecule has 2 aliphatic carbocycles. The quantitative estimate of drug-likeness (QED) is 0.724. The molecule has 1 saturated heterocycles. The maximum atomic E-state index is 10.9. The zero-order valence-corrected chi connectivity index (χ0v) is 10.7. The second kappa shape index (κ2) is 3.94. The molecule has 3 rings (SSSR count). The van der Waals surface area contributed by atoms with Gasteiger partial charge in [-0.15, -0.1) is 0 Å². The van der Waals surface area contributed by atoms with Gasteiger partial charge in [0.2, 0.25) is 0 Å². The van der Waals surface area contributed by atoms with Gasteiger partial charge >= 0.3 is 0 Å². The molecule has 0 spiro atoms. The molecule has 2 N–H and O–H groups in total. The van der Waals surface area contributed by atoms with Gasteiger partial charge in [0.25, 0.3) is 0 Å². The average molecular weight is 240 g/mol. The Bertz CT molecular complexity index is 306. The zero-order valence-electron chi connectivity index (χ0n) is 10.7. The van der Waals surface area contributed by atoms with Crippen LogP contribution in [-0.4, -0.2) is 34.1 Å². The summed E-state index contributed by atoms with van der Waals surface area (Å²) >= 11 is 0. The van der Waals surface area contributed by atoms with Crippen LogP contribution in [-0.2, 0) is 4.74 Å². The number of fused-ring (bicyclic) bond motifs is 3. The molecular weight excluding hydrogens is 216 g/mol. The van der Waals surface area contributed by atoms with E-state index in [0.717, 1.165) is 44.9 Å². The Morgan fingerprint density at radius 2 is 2.12 bits per heavy atom. The van der Waals surface area contributed by atoms with E-state index in [-0.39, 0.29) is 12.2 Å². The van der Waals surface area contributed by atoms with Crippen LogP contribution in [0.4, 0.5) is 0 Å². The van der Waals surface area contributed by atoms with Crippen LogP contribution >= 0.6 is 0 Å². The van der Waals surface area contributed by atoms with Crippen molar-refractivity contribution in [2.45, 2.75) is 69.2 Å². The van der Waals surface area contributed by atoms with E-state index in [9.17, 15) is 10.2 Å². The van der Waals surface area contributed by atoms with Gasteiger partial charge in [0.05, 0.1) is 11.7 Å². The van der Waals surface area contributed by atoms with Crippen molar-refractivity contribution >= 4 is 0 Å². The van der Waals surface area contributed by atoms with Crippen molar-refractivity contribution in [1.82, 2.24) is 0 Å². The molecule has 0 bridgehead atoms. The third-order valence-electron chi connectivity index (χ3n) is 5.53. The summed E-state index contributed by atoms with van der Waals surface area (Å²) in [6.45, 7) is 2.41. The molecule has 3 nitrogen and oxygen atoms in total. The Labute approximate surface area is 103 Å². The molecule has 3 heteroatoms. The van der Waals surface area contributed by atoms with Gasteiger partial charge in [-0.25, -0.2) is 0 Å². The van der Waals surface area contributed by atoms with E-state index in [4.69, 9.17) is 4.74 Å². The molecule has 0 unspecified atom stereocenters. The van der Waals surface area contributed by atoms with E-state index < -0.39 is 5.60 Å². The highest BCUT2D eigenvalue weighted by molar-refractivity contribution is 5.15. The van der Waals surface area contributed by atoms with Gasteiger partial charge in [-0.2, -0.15) is 0 Å². The number of hydrogen-bond donors (Lipinski definition) is 2. The van der Waals surface area contributed by atoms with Gasteiger partial charge < -0.3 is 14.9 Å². The lowest BCUT2D eigenvalue weighted by molar-refractivity contribution is -0.0449. The van der Waals surface area contributed by atoms with Crippen LogP contribution in [0.1, 0.15) is 51.9 Å². The topological polar surface area (TPSA) is 53.0 Å². The van der Waals surface area contributed by atoms with E-state index in [1.54, 1.807) is 0 Å². The van der Waals surface area contributed by atoms with Crippen LogP contribution in [0.15, 0.2) is 0 Å². The number of aliphatic hydroxyl groups excluding tert-OH is 1. The van der Waals surface area contributed by atoms with E-state index in [1.807, 2.05) is 0 Å². The fraction of sp³-hybridized carbons (Fsp3) is 1.00. The van der Waals surface area contributed by atoms with Crippen molar-refractivity contribution in [3.05, 3.63) is 0 Å². The SMILES string of the molecule is CC[C@@]12O[C@@H]1C[C@@H](CO)CC[C@]1(O)CCC[C@H]12. The molecule has 98 valence electrons. The van der Waals surface area contributed by atoms with Gasteiger partial charge in [0.1, 0.15) is 5.60 Å². The largest absolute Gasteiger partial charge is 0.396 e. The van der Waals surface area contributed by atoms with Crippen molar-refractivity contribution in [2.75, 3.05) is 6.61 Å². The first-order valence-corrected chi connectivity index (χ1v) is 7.15. The van der Waals surface area contributed by atoms with Crippen LogP contribution in [0.2, 0.25) is 0 Å². The number of rotatable bonds is 2. The van der Waals surface area contributed by atoms with Crippen molar-refractivity contribution < 1.29 is 14.9 Å². The molecule has 1 aliphatic heterocycles. The Kier molecular flexibility index (Phi) is 2.77. The summed E-state index contributed by atoms with van der Waals surface area (Å²) in [6.07, 6.45) is 7.24. The molecule has 0 aromatic carbocycles. The molecule has 3 aliphatic rings.